The number of aliphatic carboxylic acids is 1. The Balaban J connectivity index is 0.000000345. The van der Waals surface area contributed by atoms with Gasteiger partial charge in [-0.25, -0.2) is 4.79 Å². The van der Waals surface area contributed by atoms with E-state index in [-0.39, 0.29) is 11.5 Å². The molecular weight excluding hydrogens is 381 g/mol. The third kappa shape index (κ3) is 6.23. The molecule has 0 saturated carbocycles. The van der Waals surface area contributed by atoms with Crippen LogP contribution in [-0.4, -0.2) is 71.3 Å². The number of likely N-dealkylation sites (tertiary alicyclic amines) is 1. The first-order chi connectivity index (χ1) is 13.0. The Bertz CT molecular complexity index is 687. The first kappa shape index (κ1) is 22.2. The van der Waals surface area contributed by atoms with Crippen LogP contribution in [0.15, 0.2) is 16.5 Å². The van der Waals surface area contributed by atoms with Gasteiger partial charge in [0.05, 0.1) is 25.3 Å². The highest BCUT2D eigenvalue weighted by Crippen LogP contribution is 2.29. The summed E-state index contributed by atoms with van der Waals surface area (Å²) < 4.78 is 43.5. The van der Waals surface area contributed by atoms with E-state index in [1.54, 1.807) is 6.92 Å². The van der Waals surface area contributed by atoms with E-state index in [0.29, 0.717) is 0 Å². The summed E-state index contributed by atoms with van der Waals surface area (Å²) in [5, 5.41) is 7.12. The number of ether oxygens (including phenoxy) is 1. The van der Waals surface area contributed by atoms with E-state index in [4.69, 9.17) is 19.1 Å². The SMILES string of the molecule is CC(=O)N1CCCC2(CN(Cc3ccc(C)o3)CCO2)C1.O=C(O)C(F)(F)F. The minimum Gasteiger partial charge on any atom is -0.475 e. The van der Waals surface area contributed by atoms with E-state index < -0.39 is 12.1 Å². The van der Waals surface area contributed by atoms with Crippen molar-refractivity contribution >= 4 is 11.9 Å². The molecule has 2 fully saturated rings. The number of carbonyl (C=O) groups is 2. The highest BCUT2D eigenvalue weighted by atomic mass is 19.4. The molecule has 0 radical (unpaired) electrons. The number of carboxylic acid groups (broad SMARTS) is 1. The molecule has 28 heavy (non-hydrogen) atoms. The van der Waals surface area contributed by atoms with Crippen LogP contribution in [0, 0.1) is 6.92 Å². The van der Waals surface area contributed by atoms with Crippen LogP contribution in [0.25, 0.3) is 0 Å². The predicted octanol–water partition coefficient (Wildman–Crippen LogP) is 2.43. The van der Waals surface area contributed by atoms with Gasteiger partial charge in [-0.05, 0) is 31.9 Å². The molecule has 0 bridgehead atoms. The predicted molar refractivity (Wildman–Crippen MR) is 92.6 cm³/mol. The number of piperidine rings is 1. The summed E-state index contributed by atoms with van der Waals surface area (Å²) in [6.45, 7) is 8.53. The van der Waals surface area contributed by atoms with Crippen LogP contribution in [0.2, 0.25) is 0 Å². The number of halogens is 3. The molecule has 0 aliphatic carbocycles. The average molecular weight is 406 g/mol. The minimum absolute atomic E-state index is 0.149. The molecule has 3 rings (SSSR count). The van der Waals surface area contributed by atoms with Gasteiger partial charge in [0.2, 0.25) is 5.91 Å². The van der Waals surface area contributed by atoms with Gasteiger partial charge in [0, 0.05) is 26.6 Å². The van der Waals surface area contributed by atoms with Gasteiger partial charge in [-0.1, -0.05) is 0 Å². The lowest BCUT2D eigenvalue weighted by atomic mass is 9.90. The number of morpholine rings is 1. The molecular formula is C18H25F3N2O5. The number of carboxylic acids is 1. The van der Waals surface area contributed by atoms with Gasteiger partial charge < -0.3 is 19.2 Å². The molecule has 2 aliphatic rings. The van der Waals surface area contributed by atoms with Gasteiger partial charge in [0.15, 0.2) is 0 Å². The Morgan fingerprint density at radius 3 is 2.46 bits per heavy atom. The molecule has 1 N–H and O–H groups in total. The van der Waals surface area contributed by atoms with E-state index >= 15 is 0 Å². The number of amides is 1. The number of hydrogen-bond donors (Lipinski definition) is 1. The molecule has 0 aromatic carbocycles. The fourth-order valence-electron chi connectivity index (χ4n) is 3.46. The number of hydrogen-bond acceptors (Lipinski definition) is 5. The van der Waals surface area contributed by atoms with Gasteiger partial charge in [0.25, 0.3) is 0 Å². The van der Waals surface area contributed by atoms with Crippen LogP contribution >= 0.6 is 0 Å². The van der Waals surface area contributed by atoms with Crippen LogP contribution in [0.1, 0.15) is 31.3 Å². The average Bonchev–Trinajstić information content (AvgIpc) is 2.99. The summed E-state index contributed by atoms with van der Waals surface area (Å²) >= 11 is 0. The zero-order valence-corrected chi connectivity index (χ0v) is 15.9. The van der Waals surface area contributed by atoms with Gasteiger partial charge >= 0.3 is 12.1 Å². The smallest absolute Gasteiger partial charge is 0.475 e. The fourth-order valence-corrected chi connectivity index (χ4v) is 3.46. The largest absolute Gasteiger partial charge is 0.490 e. The quantitative estimate of drug-likeness (QED) is 0.812. The van der Waals surface area contributed by atoms with Crippen molar-refractivity contribution in [3.63, 3.8) is 0 Å². The Labute approximate surface area is 161 Å². The normalized spacial score (nSPS) is 23.2. The van der Waals surface area contributed by atoms with Crippen molar-refractivity contribution in [2.24, 2.45) is 0 Å². The van der Waals surface area contributed by atoms with Crippen molar-refractivity contribution in [2.75, 3.05) is 32.8 Å². The second-order valence-electron chi connectivity index (χ2n) is 7.10. The first-order valence-corrected chi connectivity index (χ1v) is 8.98. The standard InChI is InChI=1S/C16H24N2O3.C2HF3O2/c1-13-4-5-15(21-13)10-17-8-9-20-16(11-17)6-3-7-18(12-16)14(2)19;3-2(4,5)1(6)7/h4-5H,3,6-12H2,1-2H3;(H,6,7). The van der Waals surface area contributed by atoms with Crippen LogP contribution < -0.4 is 0 Å². The van der Waals surface area contributed by atoms with Crippen molar-refractivity contribution < 1.29 is 37.0 Å². The summed E-state index contributed by atoms with van der Waals surface area (Å²) in [7, 11) is 0. The number of rotatable bonds is 2. The summed E-state index contributed by atoms with van der Waals surface area (Å²) in [6.07, 6.45) is -3.03. The molecule has 1 spiro atoms. The molecule has 3 heterocycles. The monoisotopic (exact) mass is 406 g/mol. The summed E-state index contributed by atoms with van der Waals surface area (Å²) in [4.78, 5) is 24.8. The summed E-state index contributed by atoms with van der Waals surface area (Å²) in [5.74, 6) is -0.652. The summed E-state index contributed by atoms with van der Waals surface area (Å²) in [6, 6.07) is 4.05. The molecule has 2 saturated heterocycles. The maximum atomic E-state index is 11.6. The molecule has 1 aromatic heterocycles. The molecule has 1 unspecified atom stereocenters. The Hall–Kier alpha value is -2.07. The highest BCUT2D eigenvalue weighted by Gasteiger charge is 2.41. The van der Waals surface area contributed by atoms with E-state index in [2.05, 4.69) is 4.90 Å². The number of aryl methyl sites for hydroxylation is 1. The molecule has 1 atom stereocenters. The summed E-state index contributed by atoms with van der Waals surface area (Å²) in [5.41, 5.74) is -0.191. The van der Waals surface area contributed by atoms with Gasteiger partial charge in [-0.2, -0.15) is 13.2 Å². The molecule has 1 amide bonds. The van der Waals surface area contributed by atoms with E-state index in [0.717, 1.165) is 63.7 Å². The molecule has 2 aliphatic heterocycles. The molecule has 158 valence electrons. The van der Waals surface area contributed by atoms with Crippen molar-refractivity contribution in [3.8, 4) is 0 Å². The Morgan fingerprint density at radius 2 is 1.93 bits per heavy atom. The van der Waals surface area contributed by atoms with Gasteiger partial charge in [-0.3, -0.25) is 9.69 Å². The number of furan rings is 1. The van der Waals surface area contributed by atoms with Crippen LogP contribution in [0.4, 0.5) is 13.2 Å². The molecule has 7 nitrogen and oxygen atoms in total. The molecule has 10 heteroatoms. The van der Waals surface area contributed by atoms with Crippen molar-refractivity contribution in [3.05, 3.63) is 23.7 Å². The van der Waals surface area contributed by atoms with E-state index in [1.165, 1.54) is 0 Å². The maximum Gasteiger partial charge on any atom is 0.490 e. The minimum atomic E-state index is -5.08. The topological polar surface area (TPSA) is 83.2 Å². The van der Waals surface area contributed by atoms with E-state index in [1.807, 2.05) is 24.0 Å². The van der Waals surface area contributed by atoms with Crippen molar-refractivity contribution in [1.29, 1.82) is 0 Å². The maximum absolute atomic E-state index is 11.6. The van der Waals surface area contributed by atoms with Gasteiger partial charge in [0.1, 0.15) is 11.5 Å². The van der Waals surface area contributed by atoms with Crippen molar-refractivity contribution in [1.82, 2.24) is 9.80 Å². The van der Waals surface area contributed by atoms with Crippen LogP contribution in [0.3, 0.4) is 0 Å². The van der Waals surface area contributed by atoms with E-state index in [9.17, 15) is 18.0 Å². The Kier molecular flexibility index (Phi) is 7.11. The zero-order chi connectivity index (χ0) is 20.9. The zero-order valence-electron chi connectivity index (χ0n) is 15.9. The number of alkyl halides is 3. The first-order valence-electron chi connectivity index (χ1n) is 8.98. The fraction of sp³-hybridized carbons (Fsp3) is 0.667. The number of nitrogens with zero attached hydrogens (tertiary/aromatic N) is 2. The third-order valence-electron chi connectivity index (χ3n) is 4.73. The van der Waals surface area contributed by atoms with Crippen LogP contribution in [0.5, 0.6) is 0 Å². The van der Waals surface area contributed by atoms with Gasteiger partial charge in [-0.15, -0.1) is 0 Å². The third-order valence-corrected chi connectivity index (χ3v) is 4.73. The lowest BCUT2D eigenvalue weighted by Crippen LogP contribution is -2.60. The van der Waals surface area contributed by atoms with Crippen molar-refractivity contribution in [2.45, 2.75) is 45.0 Å². The van der Waals surface area contributed by atoms with Crippen LogP contribution in [-0.2, 0) is 20.9 Å². The number of carbonyl (C=O) groups excluding carboxylic acids is 1. The highest BCUT2D eigenvalue weighted by molar-refractivity contribution is 5.73. The molecule has 1 aromatic rings. The lowest BCUT2D eigenvalue weighted by Gasteiger charge is -2.47. The second-order valence-corrected chi connectivity index (χ2v) is 7.10. The Morgan fingerprint density at radius 1 is 1.25 bits per heavy atom. The lowest BCUT2D eigenvalue weighted by molar-refractivity contribution is -0.192. The second kappa shape index (κ2) is 8.95.